The van der Waals surface area contributed by atoms with Gasteiger partial charge >= 0.3 is 0 Å². The van der Waals surface area contributed by atoms with Gasteiger partial charge in [0.05, 0.1) is 0 Å². The molecule has 0 fully saturated rings. The number of fused-ring (bicyclic) bond motifs is 1. The maximum absolute atomic E-state index is 13.7. The van der Waals surface area contributed by atoms with Crippen LogP contribution in [0.5, 0.6) is 0 Å². The minimum atomic E-state index is -1.26. The van der Waals surface area contributed by atoms with Crippen LogP contribution in [0.2, 0.25) is 0 Å². The van der Waals surface area contributed by atoms with Crippen molar-refractivity contribution in [2.75, 3.05) is 5.75 Å². The number of aliphatic hydroxyl groups is 1. The first-order valence-electron chi connectivity index (χ1n) is 6.08. The molecule has 1 nitrogen and oxygen atoms in total. The number of aryl methyl sites for hydroxylation is 1. The highest BCUT2D eigenvalue weighted by Crippen LogP contribution is 2.37. The maximum Gasteiger partial charge on any atom is 0.161 e. The van der Waals surface area contributed by atoms with Gasteiger partial charge < -0.3 is 5.11 Å². The number of halogens is 3. The second-order valence-electron chi connectivity index (χ2n) is 4.59. The Bertz CT molecular complexity index is 631. The molecule has 0 amide bonds. The molecule has 1 aromatic heterocycles. The van der Waals surface area contributed by atoms with Crippen LogP contribution >= 0.6 is 23.1 Å². The maximum atomic E-state index is 13.7. The Balaban J connectivity index is 1.98. The minimum Gasteiger partial charge on any atom is -0.383 e. The van der Waals surface area contributed by atoms with E-state index in [1.54, 1.807) is 0 Å². The van der Waals surface area contributed by atoms with Crippen LogP contribution in [0.15, 0.2) is 18.2 Å². The topological polar surface area (TPSA) is 20.2 Å². The zero-order valence-corrected chi connectivity index (χ0v) is 12.0. The van der Waals surface area contributed by atoms with Gasteiger partial charge in [-0.05, 0) is 29.9 Å². The second kappa shape index (κ2) is 5.42. The number of thioether (sulfide) groups is 1. The first-order valence-corrected chi connectivity index (χ1v) is 8.05. The van der Waals surface area contributed by atoms with Gasteiger partial charge in [0.25, 0.3) is 0 Å². The van der Waals surface area contributed by atoms with Crippen LogP contribution in [0, 0.1) is 17.5 Å². The zero-order valence-electron chi connectivity index (χ0n) is 10.3. The van der Waals surface area contributed by atoms with Crippen molar-refractivity contribution in [3.05, 3.63) is 56.5 Å². The minimum absolute atomic E-state index is 0.227. The van der Waals surface area contributed by atoms with Gasteiger partial charge in [-0.3, -0.25) is 0 Å². The van der Waals surface area contributed by atoms with Crippen molar-refractivity contribution < 1.29 is 18.3 Å². The molecule has 20 heavy (non-hydrogen) atoms. The number of hydrogen-bond acceptors (Lipinski definition) is 3. The van der Waals surface area contributed by atoms with Gasteiger partial charge in [-0.2, -0.15) is 11.8 Å². The smallest absolute Gasteiger partial charge is 0.161 e. The highest BCUT2D eigenvalue weighted by molar-refractivity contribution is 7.98. The lowest BCUT2D eigenvalue weighted by Crippen LogP contribution is -2.03. The third-order valence-electron chi connectivity index (χ3n) is 3.25. The SMILES string of the molecule is OC(c1cc2c(s1)CCSC2)c1cc(F)c(F)cc1F. The molecule has 106 valence electrons. The van der Waals surface area contributed by atoms with E-state index in [1.807, 2.05) is 17.8 Å². The average molecular weight is 316 g/mol. The van der Waals surface area contributed by atoms with E-state index in [0.29, 0.717) is 10.9 Å². The van der Waals surface area contributed by atoms with Gasteiger partial charge in [0.1, 0.15) is 11.9 Å². The molecule has 0 saturated heterocycles. The summed E-state index contributed by atoms with van der Waals surface area (Å²) < 4.78 is 39.8. The average Bonchev–Trinajstić information content (AvgIpc) is 2.86. The molecule has 0 spiro atoms. The lowest BCUT2D eigenvalue weighted by Gasteiger charge is -2.10. The van der Waals surface area contributed by atoms with E-state index in [-0.39, 0.29) is 5.56 Å². The van der Waals surface area contributed by atoms with E-state index in [1.165, 1.54) is 16.2 Å². The standard InChI is InChI=1S/C14H11F3OS2/c15-9-5-11(17)10(16)4-8(9)14(18)13-3-7-6-19-2-1-12(7)20-13/h3-5,14,18H,1-2,6H2. The summed E-state index contributed by atoms with van der Waals surface area (Å²) in [4.78, 5) is 1.75. The predicted molar refractivity (Wildman–Crippen MR) is 74.6 cm³/mol. The summed E-state index contributed by atoms with van der Waals surface area (Å²) in [7, 11) is 0. The summed E-state index contributed by atoms with van der Waals surface area (Å²) in [5.74, 6) is -1.43. The fourth-order valence-electron chi connectivity index (χ4n) is 2.21. The molecule has 2 aromatic rings. The molecule has 1 unspecified atom stereocenters. The summed E-state index contributed by atoms with van der Waals surface area (Å²) in [5.41, 5.74) is 0.915. The van der Waals surface area contributed by atoms with E-state index in [0.717, 1.165) is 29.6 Å². The van der Waals surface area contributed by atoms with Crippen molar-refractivity contribution in [2.24, 2.45) is 0 Å². The van der Waals surface area contributed by atoms with Gasteiger partial charge in [0.15, 0.2) is 11.6 Å². The summed E-state index contributed by atoms with van der Waals surface area (Å²) in [5, 5.41) is 10.2. The number of hydrogen-bond donors (Lipinski definition) is 1. The van der Waals surface area contributed by atoms with Crippen molar-refractivity contribution >= 4 is 23.1 Å². The van der Waals surface area contributed by atoms with Gasteiger partial charge in [-0.1, -0.05) is 0 Å². The predicted octanol–water partition coefficient (Wildman–Crippen LogP) is 4.04. The van der Waals surface area contributed by atoms with E-state index in [9.17, 15) is 18.3 Å². The molecule has 2 heterocycles. The van der Waals surface area contributed by atoms with Gasteiger partial charge in [0, 0.05) is 27.1 Å². The molecule has 0 aliphatic carbocycles. The normalized spacial score (nSPS) is 16.0. The largest absolute Gasteiger partial charge is 0.383 e. The van der Waals surface area contributed by atoms with Crippen LogP contribution < -0.4 is 0 Å². The molecular formula is C14H11F3OS2. The summed E-state index contributed by atoms with van der Waals surface area (Å²) >= 11 is 3.22. The Kier molecular flexibility index (Phi) is 3.79. The van der Waals surface area contributed by atoms with Crippen molar-refractivity contribution in [3.8, 4) is 0 Å². The Morgan fingerprint density at radius 1 is 1.05 bits per heavy atom. The third kappa shape index (κ3) is 2.47. The molecule has 0 saturated carbocycles. The van der Waals surface area contributed by atoms with Crippen LogP contribution in [0.25, 0.3) is 0 Å². The lowest BCUT2D eigenvalue weighted by atomic mass is 10.1. The van der Waals surface area contributed by atoms with Gasteiger partial charge in [-0.25, -0.2) is 13.2 Å². The molecule has 1 aromatic carbocycles. The van der Waals surface area contributed by atoms with E-state index in [2.05, 4.69) is 0 Å². The van der Waals surface area contributed by atoms with Crippen LogP contribution in [0.4, 0.5) is 13.2 Å². The van der Waals surface area contributed by atoms with E-state index in [4.69, 9.17) is 0 Å². The molecule has 0 radical (unpaired) electrons. The Morgan fingerprint density at radius 3 is 2.55 bits per heavy atom. The molecule has 6 heteroatoms. The van der Waals surface area contributed by atoms with E-state index >= 15 is 0 Å². The Labute approximate surface area is 122 Å². The second-order valence-corrected chi connectivity index (χ2v) is 6.86. The van der Waals surface area contributed by atoms with Crippen molar-refractivity contribution in [1.82, 2.24) is 0 Å². The van der Waals surface area contributed by atoms with Crippen molar-refractivity contribution in [2.45, 2.75) is 18.3 Å². The number of aliphatic hydroxyl groups excluding tert-OH is 1. The summed E-state index contributed by atoms with van der Waals surface area (Å²) in [6, 6.07) is 3.03. The molecule has 3 rings (SSSR count). The van der Waals surface area contributed by atoms with Crippen LogP contribution in [-0.2, 0) is 12.2 Å². The summed E-state index contributed by atoms with van der Waals surface area (Å²) in [6.45, 7) is 0. The first-order chi connectivity index (χ1) is 9.56. The molecule has 1 aliphatic heterocycles. The third-order valence-corrected chi connectivity index (χ3v) is 5.55. The fraction of sp³-hybridized carbons (Fsp3) is 0.286. The van der Waals surface area contributed by atoms with Crippen molar-refractivity contribution in [3.63, 3.8) is 0 Å². The van der Waals surface area contributed by atoms with E-state index < -0.39 is 23.6 Å². The molecule has 1 aliphatic rings. The fourth-order valence-corrected chi connectivity index (χ4v) is 4.59. The first kappa shape index (κ1) is 14.0. The Hall–Kier alpha value is -0.980. The molecular weight excluding hydrogens is 305 g/mol. The van der Waals surface area contributed by atoms with Crippen LogP contribution in [0.1, 0.15) is 27.0 Å². The number of rotatable bonds is 2. The number of thiophene rings is 1. The van der Waals surface area contributed by atoms with Crippen LogP contribution in [0.3, 0.4) is 0 Å². The number of benzene rings is 1. The summed E-state index contributed by atoms with van der Waals surface area (Å²) in [6.07, 6.45) is -0.330. The Morgan fingerprint density at radius 2 is 1.80 bits per heavy atom. The zero-order chi connectivity index (χ0) is 14.3. The highest BCUT2D eigenvalue weighted by atomic mass is 32.2. The van der Waals surface area contributed by atoms with Gasteiger partial charge in [0.2, 0.25) is 0 Å². The van der Waals surface area contributed by atoms with Gasteiger partial charge in [-0.15, -0.1) is 11.3 Å². The monoisotopic (exact) mass is 316 g/mol. The molecule has 1 atom stereocenters. The quantitative estimate of drug-likeness (QED) is 0.844. The van der Waals surface area contributed by atoms with Crippen molar-refractivity contribution in [1.29, 1.82) is 0 Å². The molecule has 1 N–H and O–H groups in total. The van der Waals surface area contributed by atoms with Crippen LogP contribution in [-0.4, -0.2) is 10.9 Å². The lowest BCUT2D eigenvalue weighted by molar-refractivity contribution is 0.217. The molecule has 0 bridgehead atoms. The highest BCUT2D eigenvalue weighted by Gasteiger charge is 2.22.